The van der Waals surface area contributed by atoms with E-state index in [1.165, 1.54) is 23.1 Å². The third-order valence-corrected chi connectivity index (χ3v) is 5.71. The van der Waals surface area contributed by atoms with E-state index in [4.69, 9.17) is 0 Å². The monoisotopic (exact) mass is 416 g/mol. The molecule has 0 saturated carbocycles. The van der Waals surface area contributed by atoms with Gasteiger partial charge in [-0.15, -0.1) is 0 Å². The van der Waals surface area contributed by atoms with Crippen LogP contribution in [-0.2, 0) is 9.59 Å². The standard InChI is InChI=1S/C25H21FN2O3/c1-14-6-4-8-20(16(14)3)28-22(18-7-5-11-27-13-18)21(24(30)25(28)31)23(29)17-9-10-19(26)15(2)12-17/h4-13,22,29H,1-3H3/b23-21+. The Morgan fingerprint density at radius 2 is 1.81 bits per heavy atom. The summed E-state index contributed by atoms with van der Waals surface area (Å²) in [7, 11) is 0. The van der Waals surface area contributed by atoms with E-state index in [1.807, 2.05) is 26.0 Å². The predicted octanol–water partition coefficient (Wildman–Crippen LogP) is 4.77. The maximum Gasteiger partial charge on any atom is 0.300 e. The van der Waals surface area contributed by atoms with E-state index in [1.54, 1.807) is 37.5 Å². The fourth-order valence-corrected chi connectivity index (χ4v) is 3.88. The SMILES string of the molecule is Cc1cc(/C(O)=C2\C(=O)C(=O)N(c3cccc(C)c3C)C2c2cccnc2)ccc1F. The highest BCUT2D eigenvalue weighted by Gasteiger charge is 2.47. The number of pyridine rings is 1. The predicted molar refractivity (Wildman–Crippen MR) is 116 cm³/mol. The Labute approximate surface area is 179 Å². The number of hydrogen-bond acceptors (Lipinski definition) is 4. The third kappa shape index (κ3) is 3.40. The number of anilines is 1. The van der Waals surface area contributed by atoms with Gasteiger partial charge < -0.3 is 5.11 Å². The summed E-state index contributed by atoms with van der Waals surface area (Å²) in [6.07, 6.45) is 3.16. The van der Waals surface area contributed by atoms with Crippen LogP contribution in [0.3, 0.4) is 0 Å². The number of amides is 1. The van der Waals surface area contributed by atoms with Crippen molar-refractivity contribution >= 4 is 23.1 Å². The molecule has 1 aliphatic rings. The lowest BCUT2D eigenvalue weighted by Gasteiger charge is -2.27. The van der Waals surface area contributed by atoms with Gasteiger partial charge in [0.15, 0.2) is 0 Å². The largest absolute Gasteiger partial charge is 0.507 e. The molecule has 2 heterocycles. The zero-order valence-electron chi connectivity index (χ0n) is 17.4. The van der Waals surface area contributed by atoms with Crippen molar-refractivity contribution in [1.82, 2.24) is 4.98 Å². The number of aliphatic hydroxyl groups excluding tert-OH is 1. The van der Waals surface area contributed by atoms with Gasteiger partial charge in [0.25, 0.3) is 11.7 Å². The van der Waals surface area contributed by atoms with Crippen LogP contribution in [-0.4, -0.2) is 21.8 Å². The molecule has 0 spiro atoms. The van der Waals surface area contributed by atoms with Crippen molar-refractivity contribution in [2.24, 2.45) is 0 Å². The number of rotatable bonds is 3. The van der Waals surface area contributed by atoms with Crippen molar-refractivity contribution in [3.8, 4) is 0 Å². The third-order valence-electron chi connectivity index (χ3n) is 5.71. The number of aromatic nitrogens is 1. The van der Waals surface area contributed by atoms with Crippen molar-refractivity contribution < 1.29 is 19.1 Å². The summed E-state index contributed by atoms with van der Waals surface area (Å²) < 4.78 is 13.8. The molecule has 0 aliphatic carbocycles. The molecule has 1 aromatic heterocycles. The van der Waals surface area contributed by atoms with Crippen LogP contribution < -0.4 is 4.90 Å². The van der Waals surface area contributed by atoms with E-state index >= 15 is 0 Å². The molecule has 1 aliphatic heterocycles. The highest BCUT2D eigenvalue weighted by Crippen LogP contribution is 2.43. The first-order valence-electron chi connectivity index (χ1n) is 9.85. The first-order valence-corrected chi connectivity index (χ1v) is 9.85. The number of benzene rings is 2. The minimum atomic E-state index is -0.862. The summed E-state index contributed by atoms with van der Waals surface area (Å²) in [6.45, 7) is 5.38. The minimum Gasteiger partial charge on any atom is -0.507 e. The van der Waals surface area contributed by atoms with E-state index < -0.39 is 23.5 Å². The Morgan fingerprint density at radius 3 is 2.48 bits per heavy atom. The van der Waals surface area contributed by atoms with Crippen LogP contribution in [0.5, 0.6) is 0 Å². The Morgan fingerprint density at radius 1 is 1.03 bits per heavy atom. The Kier molecular flexibility index (Phi) is 5.15. The molecule has 3 aromatic rings. The second-order valence-corrected chi connectivity index (χ2v) is 7.64. The van der Waals surface area contributed by atoms with Gasteiger partial charge >= 0.3 is 0 Å². The highest BCUT2D eigenvalue weighted by atomic mass is 19.1. The maximum absolute atomic E-state index is 13.8. The van der Waals surface area contributed by atoms with Crippen LogP contribution in [0.4, 0.5) is 10.1 Å². The Bertz CT molecular complexity index is 1230. The molecule has 0 bridgehead atoms. The van der Waals surface area contributed by atoms with Gasteiger partial charge in [-0.3, -0.25) is 19.5 Å². The van der Waals surface area contributed by atoms with Crippen LogP contribution in [0.25, 0.3) is 5.76 Å². The average molecular weight is 416 g/mol. The smallest absolute Gasteiger partial charge is 0.300 e. The van der Waals surface area contributed by atoms with Crippen molar-refractivity contribution in [1.29, 1.82) is 0 Å². The molecular formula is C25H21FN2O3. The van der Waals surface area contributed by atoms with Gasteiger partial charge in [-0.05, 0) is 73.4 Å². The van der Waals surface area contributed by atoms with Crippen molar-refractivity contribution in [2.75, 3.05) is 4.90 Å². The molecule has 4 rings (SSSR count). The number of Topliss-reactive ketones (excluding diaryl/α,β-unsaturated/α-hetero) is 1. The summed E-state index contributed by atoms with van der Waals surface area (Å²) in [5.74, 6) is -2.29. The molecule has 1 amide bonds. The zero-order valence-corrected chi connectivity index (χ0v) is 17.4. The molecular weight excluding hydrogens is 395 g/mol. The molecule has 5 nitrogen and oxygen atoms in total. The number of halogens is 1. The van der Waals surface area contributed by atoms with E-state index in [2.05, 4.69) is 4.98 Å². The second-order valence-electron chi connectivity index (χ2n) is 7.64. The van der Waals surface area contributed by atoms with Crippen LogP contribution >= 0.6 is 0 Å². The Balaban J connectivity index is 1.98. The summed E-state index contributed by atoms with van der Waals surface area (Å²) in [4.78, 5) is 31.8. The summed E-state index contributed by atoms with van der Waals surface area (Å²) in [6, 6.07) is 12.2. The quantitative estimate of drug-likeness (QED) is 0.379. The number of aliphatic hydroxyl groups is 1. The Hall–Kier alpha value is -3.80. The first-order chi connectivity index (χ1) is 14.8. The lowest BCUT2D eigenvalue weighted by Crippen LogP contribution is -2.30. The maximum atomic E-state index is 13.8. The van der Waals surface area contributed by atoms with E-state index in [0.717, 1.165) is 11.1 Å². The van der Waals surface area contributed by atoms with Gasteiger partial charge in [0.2, 0.25) is 0 Å². The molecule has 1 N–H and O–H groups in total. The topological polar surface area (TPSA) is 70.5 Å². The number of carbonyl (C=O) groups excluding carboxylic acids is 2. The number of aryl methyl sites for hydroxylation is 2. The lowest BCUT2D eigenvalue weighted by atomic mass is 9.95. The van der Waals surface area contributed by atoms with E-state index in [0.29, 0.717) is 16.8 Å². The molecule has 1 atom stereocenters. The van der Waals surface area contributed by atoms with Gasteiger partial charge in [-0.1, -0.05) is 18.2 Å². The fourth-order valence-electron chi connectivity index (χ4n) is 3.88. The molecule has 1 saturated heterocycles. The molecule has 2 aromatic carbocycles. The lowest BCUT2D eigenvalue weighted by molar-refractivity contribution is -0.132. The van der Waals surface area contributed by atoms with Crippen molar-refractivity contribution in [3.05, 3.63) is 100 Å². The number of carbonyl (C=O) groups is 2. The van der Waals surface area contributed by atoms with E-state index in [9.17, 15) is 19.1 Å². The van der Waals surface area contributed by atoms with Crippen LogP contribution in [0, 0.1) is 26.6 Å². The van der Waals surface area contributed by atoms with Gasteiger partial charge in [0.1, 0.15) is 11.6 Å². The van der Waals surface area contributed by atoms with Gasteiger partial charge in [0.05, 0.1) is 11.6 Å². The number of hydrogen-bond donors (Lipinski definition) is 1. The molecule has 6 heteroatoms. The molecule has 0 radical (unpaired) electrons. The molecule has 156 valence electrons. The van der Waals surface area contributed by atoms with Crippen LogP contribution in [0.2, 0.25) is 0 Å². The van der Waals surface area contributed by atoms with E-state index in [-0.39, 0.29) is 16.9 Å². The molecule has 1 fully saturated rings. The second kappa shape index (κ2) is 7.80. The van der Waals surface area contributed by atoms with Crippen molar-refractivity contribution in [2.45, 2.75) is 26.8 Å². The summed E-state index contributed by atoms with van der Waals surface area (Å²) in [5.41, 5.74) is 3.55. The summed E-state index contributed by atoms with van der Waals surface area (Å²) in [5, 5.41) is 11.1. The first kappa shape index (κ1) is 20.5. The fraction of sp³-hybridized carbons (Fsp3) is 0.160. The molecule has 31 heavy (non-hydrogen) atoms. The van der Waals surface area contributed by atoms with Gasteiger partial charge in [-0.2, -0.15) is 0 Å². The van der Waals surface area contributed by atoms with Crippen LogP contribution in [0.1, 0.15) is 33.9 Å². The summed E-state index contributed by atoms with van der Waals surface area (Å²) >= 11 is 0. The van der Waals surface area contributed by atoms with Gasteiger partial charge in [-0.25, -0.2) is 4.39 Å². The van der Waals surface area contributed by atoms with Gasteiger partial charge in [0, 0.05) is 23.6 Å². The highest BCUT2D eigenvalue weighted by molar-refractivity contribution is 6.51. The number of nitrogens with zero attached hydrogens (tertiary/aromatic N) is 2. The van der Waals surface area contributed by atoms with Crippen LogP contribution in [0.15, 0.2) is 66.5 Å². The minimum absolute atomic E-state index is 0.0510. The molecule has 1 unspecified atom stereocenters. The van der Waals surface area contributed by atoms with Crippen molar-refractivity contribution in [3.63, 3.8) is 0 Å². The number of ketones is 1. The zero-order chi connectivity index (χ0) is 22.3. The average Bonchev–Trinajstić information content (AvgIpc) is 3.03. The normalized spacial score (nSPS) is 17.9.